The second kappa shape index (κ2) is 10.6. The number of H-pyrrole nitrogens is 1. The highest BCUT2D eigenvalue weighted by molar-refractivity contribution is 7.93. The molecule has 2 aliphatic rings. The first kappa shape index (κ1) is 27.3. The third kappa shape index (κ3) is 5.57. The maximum absolute atomic E-state index is 13.3. The van der Waals surface area contributed by atoms with Crippen molar-refractivity contribution in [2.45, 2.75) is 68.6 Å². The van der Waals surface area contributed by atoms with Gasteiger partial charge in [-0.2, -0.15) is 0 Å². The fraction of sp³-hybridized carbons (Fsp3) is 0.480. The minimum Gasteiger partial charge on any atom is -0.480 e. The number of rotatable bonds is 8. The molecule has 4 N–H and O–H groups in total. The number of carboxylic acid groups (broad SMARTS) is 1. The molecule has 4 rings (SSSR count). The molecular weight excluding hydrogens is 514 g/mol. The highest BCUT2D eigenvalue weighted by Gasteiger charge is 2.45. The van der Waals surface area contributed by atoms with E-state index in [1.54, 1.807) is 38.4 Å². The third-order valence-electron chi connectivity index (χ3n) is 7.10. The van der Waals surface area contributed by atoms with Crippen LogP contribution in [0, 0.1) is 26.7 Å². The molecular formula is C25H31N5O7S. The number of nitrogens with zero attached hydrogens (tertiary/aromatic N) is 2. The van der Waals surface area contributed by atoms with Crippen molar-refractivity contribution in [3.05, 3.63) is 41.2 Å². The van der Waals surface area contributed by atoms with Crippen LogP contribution in [0.2, 0.25) is 0 Å². The van der Waals surface area contributed by atoms with Crippen molar-refractivity contribution in [3.63, 3.8) is 0 Å². The highest BCUT2D eigenvalue weighted by Crippen LogP contribution is 2.41. The Morgan fingerprint density at radius 1 is 1.18 bits per heavy atom. The van der Waals surface area contributed by atoms with Crippen LogP contribution in [-0.4, -0.2) is 64.4 Å². The van der Waals surface area contributed by atoms with Crippen LogP contribution in [0.25, 0.3) is 0 Å². The van der Waals surface area contributed by atoms with Crippen molar-refractivity contribution in [1.29, 1.82) is 0 Å². The lowest BCUT2D eigenvalue weighted by Crippen LogP contribution is -2.45. The molecule has 0 saturated heterocycles. The minimum atomic E-state index is -4.29. The lowest BCUT2D eigenvalue weighted by molar-refractivity contribution is -0.136. The quantitative estimate of drug-likeness (QED) is 0.389. The summed E-state index contributed by atoms with van der Waals surface area (Å²) in [4.78, 5) is 49.6. The molecule has 0 unspecified atom stereocenters. The van der Waals surface area contributed by atoms with Crippen LogP contribution < -0.4 is 10.6 Å². The number of imidazole rings is 1. The number of aromatic nitrogens is 2. The fourth-order valence-corrected chi connectivity index (χ4v) is 7.11. The fourth-order valence-electron chi connectivity index (χ4n) is 5.24. The Morgan fingerprint density at radius 3 is 2.42 bits per heavy atom. The second-order valence-corrected chi connectivity index (χ2v) is 12.1. The van der Waals surface area contributed by atoms with Crippen molar-refractivity contribution in [2.24, 2.45) is 11.1 Å². The number of oxime groups is 1. The van der Waals surface area contributed by atoms with Crippen LogP contribution in [-0.2, 0) is 29.1 Å². The van der Waals surface area contributed by atoms with E-state index in [4.69, 9.17) is 4.84 Å². The van der Waals surface area contributed by atoms with Crippen molar-refractivity contribution in [3.8, 4) is 0 Å². The molecule has 38 heavy (non-hydrogen) atoms. The van der Waals surface area contributed by atoms with E-state index in [1.807, 2.05) is 6.92 Å². The molecule has 1 aliphatic carbocycles. The molecule has 12 nitrogen and oxygen atoms in total. The monoisotopic (exact) mass is 545 g/mol. The molecule has 1 atom stereocenters. The standard InChI is InChI=1S/C25H31N5O7S/c1-14-10-15(2)20(16(3)11-14)38(35,36)19(23(33)34)13-28-22(32)18-12-25(37-30-18)6-4-17(5-7-25)21(31)29-24-26-8-9-27-24/h8-11,17,19H,4-7,12-13H2,1-3H3,(H,28,32)(H,33,34)(H2,26,27,29,31)/t17?,19-,25?/m0/s1. The Bertz CT molecular complexity index is 1350. The number of carbonyl (C=O) groups excluding carboxylic acids is 2. The van der Waals surface area contributed by atoms with Gasteiger partial charge in [-0.3, -0.25) is 19.7 Å². The number of benzene rings is 1. The van der Waals surface area contributed by atoms with Gasteiger partial charge in [0.2, 0.25) is 11.9 Å². The molecule has 1 aliphatic heterocycles. The summed E-state index contributed by atoms with van der Waals surface area (Å²) in [7, 11) is -4.29. The van der Waals surface area contributed by atoms with Gasteiger partial charge in [0.05, 0.1) is 4.90 Å². The van der Waals surface area contributed by atoms with Crippen molar-refractivity contribution < 1.29 is 32.7 Å². The average molecular weight is 546 g/mol. The van der Waals surface area contributed by atoms with E-state index in [2.05, 4.69) is 25.8 Å². The van der Waals surface area contributed by atoms with Gasteiger partial charge in [0.15, 0.2) is 15.1 Å². The van der Waals surface area contributed by atoms with Gasteiger partial charge in [-0.1, -0.05) is 22.9 Å². The van der Waals surface area contributed by atoms with Gasteiger partial charge in [0.1, 0.15) is 11.3 Å². The van der Waals surface area contributed by atoms with Crippen molar-refractivity contribution in [1.82, 2.24) is 15.3 Å². The SMILES string of the molecule is Cc1cc(C)c(S(=O)(=O)[C@@H](CNC(=O)C2=NOC3(CCC(C(=O)Nc4ncc[nH]4)CC3)C2)C(=O)O)c(C)c1. The number of anilines is 1. The number of aryl methyl sites for hydroxylation is 3. The summed E-state index contributed by atoms with van der Waals surface area (Å²) in [5, 5.41) is 16.9. The number of hydrogen-bond acceptors (Lipinski definition) is 8. The number of nitrogens with one attached hydrogen (secondary N) is 3. The molecule has 2 aromatic rings. The van der Waals surface area contributed by atoms with Gasteiger partial charge in [0, 0.05) is 31.3 Å². The van der Waals surface area contributed by atoms with E-state index >= 15 is 0 Å². The lowest BCUT2D eigenvalue weighted by Gasteiger charge is -2.34. The maximum atomic E-state index is 13.3. The van der Waals surface area contributed by atoms with Crippen LogP contribution in [0.3, 0.4) is 0 Å². The average Bonchev–Trinajstić information content (AvgIpc) is 3.48. The Kier molecular flexibility index (Phi) is 7.58. The van der Waals surface area contributed by atoms with Crippen LogP contribution in [0.5, 0.6) is 0 Å². The molecule has 0 bridgehead atoms. The molecule has 13 heteroatoms. The van der Waals surface area contributed by atoms with Gasteiger partial charge < -0.3 is 20.2 Å². The zero-order chi connectivity index (χ0) is 27.7. The summed E-state index contributed by atoms with van der Waals surface area (Å²) < 4.78 is 26.5. The number of aromatic amines is 1. The normalized spacial score (nSPS) is 21.9. The Hall–Kier alpha value is -3.74. The van der Waals surface area contributed by atoms with E-state index in [1.165, 1.54) is 0 Å². The molecule has 1 aromatic heterocycles. The number of aliphatic carboxylic acids is 1. The molecule has 204 valence electrons. The maximum Gasteiger partial charge on any atom is 0.324 e. The number of hydrogen-bond donors (Lipinski definition) is 4. The predicted molar refractivity (Wildman–Crippen MR) is 137 cm³/mol. The molecule has 1 spiro atoms. The van der Waals surface area contributed by atoms with Gasteiger partial charge in [0.25, 0.3) is 5.91 Å². The third-order valence-corrected chi connectivity index (χ3v) is 9.43. The molecule has 0 radical (unpaired) electrons. The van der Waals surface area contributed by atoms with Crippen LogP contribution >= 0.6 is 0 Å². The van der Waals surface area contributed by atoms with Crippen LogP contribution in [0.4, 0.5) is 5.95 Å². The Morgan fingerprint density at radius 2 is 1.84 bits per heavy atom. The van der Waals surface area contributed by atoms with Gasteiger partial charge in [-0.15, -0.1) is 0 Å². The topological polar surface area (TPSA) is 180 Å². The van der Waals surface area contributed by atoms with E-state index in [-0.39, 0.29) is 28.9 Å². The summed E-state index contributed by atoms with van der Waals surface area (Å²) in [5.41, 5.74) is 1.10. The molecule has 2 amide bonds. The van der Waals surface area contributed by atoms with Gasteiger partial charge in [-0.25, -0.2) is 13.4 Å². The number of carbonyl (C=O) groups is 3. The first-order valence-corrected chi connectivity index (χ1v) is 13.8. The number of sulfone groups is 1. The molecule has 2 heterocycles. The summed E-state index contributed by atoms with van der Waals surface area (Å²) in [5.74, 6) is -2.24. The molecule has 1 aromatic carbocycles. The first-order chi connectivity index (χ1) is 17.9. The van der Waals surface area contributed by atoms with Crippen molar-refractivity contribution in [2.75, 3.05) is 11.9 Å². The zero-order valence-electron chi connectivity index (χ0n) is 21.4. The van der Waals surface area contributed by atoms with Crippen molar-refractivity contribution >= 4 is 39.3 Å². The van der Waals surface area contributed by atoms with E-state index in [0.29, 0.717) is 42.8 Å². The van der Waals surface area contributed by atoms with E-state index in [0.717, 1.165) is 5.56 Å². The van der Waals surface area contributed by atoms with Crippen LogP contribution in [0.1, 0.15) is 48.8 Å². The molecule has 1 saturated carbocycles. The minimum absolute atomic E-state index is 0.0434. The van der Waals surface area contributed by atoms with E-state index < -0.39 is 39.1 Å². The molecule has 1 fully saturated rings. The Labute approximate surface area is 220 Å². The summed E-state index contributed by atoms with van der Waals surface area (Å²) in [6.45, 7) is 4.43. The van der Waals surface area contributed by atoms with Gasteiger partial charge in [-0.05, 0) is 57.6 Å². The lowest BCUT2D eigenvalue weighted by atomic mass is 9.76. The summed E-state index contributed by atoms with van der Waals surface area (Å²) >= 11 is 0. The largest absolute Gasteiger partial charge is 0.480 e. The number of carboxylic acids is 1. The van der Waals surface area contributed by atoms with E-state index in [9.17, 15) is 27.9 Å². The smallest absolute Gasteiger partial charge is 0.324 e. The summed E-state index contributed by atoms with van der Waals surface area (Å²) in [6.07, 6.45) is 5.41. The second-order valence-electron chi connectivity index (χ2n) is 10.0. The first-order valence-electron chi connectivity index (χ1n) is 12.3. The zero-order valence-corrected chi connectivity index (χ0v) is 22.2. The predicted octanol–water partition coefficient (Wildman–Crippen LogP) is 2.02. The van der Waals surface area contributed by atoms with Crippen LogP contribution in [0.15, 0.2) is 34.6 Å². The summed E-state index contributed by atoms with van der Waals surface area (Å²) in [6, 6.07) is 3.35. The van der Waals surface area contributed by atoms with Gasteiger partial charge >= 0.3 is 5.97 Å². The Balaban J connectivity index is 1.35. The number of amides is 2. The highest BCUT2D eigenvalue weighted by atomic mass is 32.2.